The molecular formula is C17H17N3O3. The standard InChI is InChI=1S/C17H17N3O3/c21-16(14-4-2-8-20(23)11-14)18-10-12-3-1-5-15(9-12)19-17(22)13-6-7-13/h1-5,8-9,11,13H,6-7,10H2,(H,18,21)(H,19,22). The molecule has 2 N–H and O–H groups in total. The second-order valence-electron chi connectivity index (χ2n) is 5.60. The fourth-order valence-electron chi connectivity index (χ4n) is 2.22. The summed E-state index contributed by atoms with van der Waals surface area (Å²) >= 11 is 0. The predicted molar refractivity (Wildman–Crippen MR) is 84.4 cm³/mol. The summed E-state index contributed by atoms with van der Waals surface area (Å²) < 4.78 is 0.586. The molecule has 1 saturated carbocycles. The summed E-state index contributed by atoms with van der Waals surface area (Å²) in [7, 11) is 0. The van der Waals surface area contributed by atoms with Crippen LogP contribution in [-0.2, 0) is 11.3 Å². The molecule has 118 valence electrons. The predicted octanol–water partition coefficient (Wildman–Crippen LogP) is 1.60. The van der Waals surface area contributed by atoms with Crippen LogP contribution in [0.2, 0.25) is 0 Å². The maximum atomic E-state index is 12.0. The van der Waals surface area contributed by atoms with E-state index in [4.69, 9.17) is 0 Å². The molecule has 0 unspecified atom stereocenters. The molecule has 0 radical (unpaired) electrons. The topological polar surface area (TPSA) is 85.1 Å². The van der Waals surface area contributed by atoms with Crippen molar-refractivity contribution in [1.29, 1.82) is 0 Å². The van der Waals surface area contributed by atoms with E-state index in [9.17, 15) is 14.8 Å². The van der Waals surface area contributed by atoms with Gasteiger partial charge < -0.3 is 15.8 Å². The van der Waals surface area contributed by atoms with Crippen molar-refractivity contribution in [3.8, 4) is 0 Å². The Morgan fingerprint density at radius 2 is 2.04 bits per heavy atom. The van der Waals surface area contributed by atoms with Crippen molar-refractivity contribution in [3.63, 3.8) is 0 Å². The van der Waals surface area contributed by atoms with E-state index in [-0.39, 0.29) is 17.7 Å². The number of nitrogens with one attached hydrogen (secondary N) is 2. The van der Waals surface area contributed by atoms with Gasteiger partial charge in [0.25, 0.3) is 5.91 Å². The van der Waals surface area contributed by atoms with Gasteiger partial charge >= 0.3 is 0 Å². The second kappa shape index (κ2) is 6.48. The van der Waals surface area contributed by atoms with Crippen LogP contribution in [0.5, 0.6) is 0 Å². The fourth-order valence-corrected chi connectivity index (χ4v) is 2.22. The van der Waals surface area contributed by atoms with E-state index in [2.05, 4.69) is 10.6 Å². The molecule has 1 aliphatic rings. The Morgan fingerprint density at radius 3 is 2.78 bits per heavy atom. The third-order valence-corrected chi connectivity index (χ3v) is 3.63. The first-order chi connectivity index (χ1) is 11.1. The van der Waals surface area contributed by atoms with Crippen LogP contribution in [0.4, 0.5) is 5.69 Å². The molecule has 1 fully saturated rings. The van der Waals surface area contributed by atoms with E-state index >= 15 is 0 Å². The van der Waals surface area contributed by atoms with Crippen LogP contribution in [0, 0.1) is 11.1 Å². The molecule has 2 amide bonds. The second-order valence-corrected chi connectivity index (χ2v) is 5.60. The van der Waals surface area contributed by atoms with Crippen LogP contribution < -0.4 is 15.4 Å². The highest BCUT2D eigenvalue weighted by Gasteiger charge is 2.29. The number of aromatic nitrogens is 1. The number of nitrogens with zero attached hydrogens (tertiary/aromatic N) is 1. The minimum absolute atomic E-state index is 0.0514. The van der Waals surface area contributed by atoms with Crippen LogP contribution in [0.1, 0.15) is 28.8 Å². The molecule has 6 nitrogen and oxygen atoms in total. The van der Waals surface area contributed by atoms with Gasteiger partial charge in [0.15, 0.2) is 12.4 Å². The third kappa shape index (κ3) is 4.06. The van der Waals surface area contributed by atoms with Gasteiger partial charge in [-0.15, -0.1) is 0 Å². The van der Waals surface area contributed by atoms with Gasteiger partial charge in [-0.1, -0.05) is 12.1 Å². The summed E-state index contributed by atoms with van der Waals surface area (Å²) in [6, 6.07) is 10.5. The normalized spacial score (nSPS) is 13.4. The lowest BCUT2D eigenvalue weighted by molar-refractivity contribution is -0.605. The van der Waals surface area contributed by atoms with E-state index < -0.39 is 0 Å². The molecule has 0 bridgehead atoms. The quantitative estimate of drug-likeness (QED) is 0.649. The van der Waals surface area contributed by atoms with Gasteiger partial charge in [0.1, 0.15) is 5.56 Å². The Bertz CT molecular complexity index is 741. The highest BCUT2D eigenvalue weighted by Crippen LogP contribution is 2.30. The summed E-state index contributed by atoms with van der Waals surface area (Å²) in [5.41, 5.74) is 1.91. The van der Waals surface area contributed by atoms with Crippen molar-refractivity contribution in [2.75, 3.05) is 5.32 Å². The number of amides is 2. The zero-order valence-electron chi connectivity index (χ0n) is 12.5. The molecular weight excluding hydrogens is 294 g/mol. The van der Waals surface area contributed by atoms with Gasteiger partial charge in [-0.2, -0.15) is 4.73 Å². The molecule has 1 heterocycles. The zero-order valence-corrected chi connectivity index (χ0v) is 12.5. The maximum absolute atomic E-state index is 12.0. The lowest BCUT2D eigenvalue weighted by atomic mass is 10.2. The summed E-state index contributed by atoms with van der Waals surface area (Å²) in [5.74, 6) is -0.117. The minimum Gasteiger partial charge on any atom is -0.619 e. The molecule has 0 aliphatic heterocycles. The lowest BCUT2D eigenvalue weighted by Crippen LogP contribution is -2.29. The Kier molecular flexibility index (Phi) is 4.23. The van der Waals surface area contributed by atoms with Crippen LogP contribution >= 0.6 is 0 Å². The average Bonchev–Trinajstić information content (AvgIpc) is 3.38. The number of rotatable bonds is 5. The highest BCUT2D eigenvalue weighted by molar-refractivity contribution is 5.94. The van der Waals surface area contributed by atoms with Crippen molar-refractivity contribution in [1.82, 2.24) is 5.32 Å². The van der Waals surface area contributed by atoms with Gasteiger partial charge in [-0.25, -0.2) is 0 Å². The molecule has 1 aliphatic carbocycles. The van der Waals surface area contributed by atoms with Crippen molar-refractivity contribution in [3.05, 3.63) is 65.1 Å². The van der Waals surface area contributed by atoms with Gasteiger partial charge in [-0.3, -0.25) is 9.59 Å². The number of hydrogen-bond donors (Lipinski definition) is 2. The van der Waals surface area contributed by atoms with Crippen molar-refractivity contribution in [2.45, 2.75) is 19.4 Å². The SMILES string of the molecule is O=C(NCc1cccc(NC(=O)C2CC2)c1)c1ccc[n+]([O-])c1. The van der Waals surface area contributed by atoms with Crippen LogP contribution in [0.3, 0.4) is 0 Å². The van der Waals surface area contributed by atoms with Gasteiger partial charge in [0.05, 0.1) is 0 Å². The molecule has 3 rings (SSSR count). The summed E-state index contributed by atoms with van der Waals surface area (Å²) in [6.45, 7) is 0.319. The monoisotopic (exact) mass is 311 g/mol. The number of hydrogen-bond acceptors (Lipinski definition) is 3. The lowest BCUT2D eigenvalue weighted by Gasteiger charge is -2.08. The van der Waals surface area contributed by atoms with E-state index in [0.717, 1.165) is 24.1 Å². The molecule has 0 atom stereocenters. The molecule has 0 saturated heterocycles. The number of carbonyl (C=O) groups excluding carboxylic acids is 2. The molecule has 0 spiro atoms. The first-order valence-corrected chi connectivity index (χ1v) is 7.48. The van der Waals surface area contributed by atoms with E-state index in [1.54, 1.807) is 6.07 Å². The largest absolute Gasteiger partial charge is 0.619 e. The third-order valence-electron chi connectivity index (χ3n) is 3.63. The Morgan fingerprint density at radius 1 is 1.22 bits per heavy atom. The Hall–Kier alpha value is -2.89. The molecule has 2 aromatic rings. The Balaban J connectivity index is 1.59. The first-order valence-electron chi connectivity index (χ1n) is 7.48. The molecule has 1 aromatic heterocycles. The fraction of sp³-hybridized carbons (Fsp3) is 0.235. The minimum atomic E-state index is -0.317. The highest BCUT2D eigenvalue weighted by atomic mass is 16.5. The van der Waals surface area contributed by atoms with E-state index in [1.807, 2.05) is 24.3 Å². The van der Waals surface area contributed by atoms with Crippen LogP contribution in [0.25, 0.3) is 0 Å². The van der Waals surface area contributed by atoms with Crippen molar-refractivity contribution in [2.24, 2.45) is 5.92 Å². The first kappa shape index (κ1) is 15.0. The summed E-state index contributed by atoms with van der Waals surface area (Å²) in [5, 5.41) is 16.8. The smallest absolute Gasteiger partial charge is 0.257 e. The van der Waals surface area contributed by atoms with Gasteiger partial charge in [0, 0.05) is 24.2 Å². The van der Waals surface area contributed by atoms with Crippen molar-refractivity contribution >= 4 is 17.5 Å². The van der Waals surface area contributed by atoms with Gasteiger partial charge in [0.2, 0.25) is 5.91 Å². The maximum Gasteiger partial charge on any atom is 0.257 e. The van der Waals surface area contributed by atoms with Crippen LogP contribution in [0.15, 0.2) is 48.8 Å². The molecule has 6 heteroatoms. The Labute approximate surface area is 133 Å². The van der Waals surface area contributed by atoms with Crippen molar-refractivity contribution < 1.29 is 14.3 Å². The number of pyridine rings is 1. The number of benzene rings is 1. The molecule has 1 aromatic carbocycles. The summed E-state index contributed by atoms with van der Waals surface area (Å²) in [4.78, 5) is 23.8. The average molecular weight is 311 g/mol. The summed E-state index contributed by atoms with van der Waals surface area (Å²) in [6.07, 6.45) is 4.46. The number of carbonyl (C=O) groups is 2. The van der Waals surface area contributed by atoms with Crippen LogP contribution in [-0.4, -0.2) is 11.8 Å². The zero-order chi connectivity index (χ0) is 16.2. The van der Waals surface area contributed by atoms with E-state index in [1.165, 1.54) is 18.5 Å². The molecule has 23 heavy (non-hydrogen) atoms. The van der Waals surface area contributed by atoms with E-state index in [0.29, 0.717) is 16.8 Å². The van der Waals surface area contributed by atoms with Gasteiger partial charge in [-0.05, 0) is 36.6 Å². The number of anilines is 1.